The Hall–Kier alpha value is -0.530. The zero-order valence-electron chi connectivity index (χ0n) is 8.71. The first kappa shape index (κ1) is 10.6. The smallest absolute Gasteiger partial charge is 0.181 e. The van der Waals surface area contributed by atoms with Crippen LogP contribution in [-0.2, 0) is 6.42 Å². The Morgan fingerprint density at radius 3 is 2.88 bits per heavy atom. The number of rotatable bonds is 4. The summed E-state index contributed by atoms with van der Waals surface area (Å²) in [6.07, 6.45) is 3.44. The predicted octanol–water partition coefficient (Wildman–Crippen LogP) is 2.98. The Morgan fingerprint density at radius 2 is 2.19 bits per heavy atom. The Balaban J connectivity index is 1.72. The van der Waals surface area contributed by atoms with Crippen molar-refractivity contribution in [1.29, 1.82) is 0 Å². The van der Waals surface area contributed by atoms with Gasteiger partial charge in [0.05, 0.1) is 0 Å². The van der Waals surface area contributed by atoms with E-state index in [-0.39, 0.29) is 0 Å². The Bertz CT molecular complexity index is 488. The summed E-state index contributed by atoms with van der Waals surface area (Å²) < 4.78 is 6.21. The number of nitrogens with zero attached hydrogens (tertiary/aromatic N) is 4. The van der Waals surface area contributed by atoms with Gasteiger partial charge in [-0.05, 0) is 36.1 Å². The standard InChI is InChI=1S/C9H10N4S3/c1-2-6-10-8(16-13-6)15-9-12-11-7(14-9)5-3-4-5/h5H,2-4H2,1H3. The van der Waals surface area contributed by atoms with Gasteiger partial charge in [-0.3, -0.25) is 0 Å². The summed E-state index contributed by atoms with van der Waals surface area (Å²) in [5.74, 6) is 1.60. The van der Waals surface area contributed by atoms with Gasteiger partial charge in [0.1, 0.15) is 10.8 Å². The molecule has 0 spiro atoms. The second-order valence-electron chi connectivity index (χ2n) is 3.61. The molecular weight excluding hydrogens is 260 g/mol. The van der Waals surface area contributed by atoms with Gasteiger partial charge in [-0.2, -0.15) is 4.37 Å². The molecule has 84 valence electrons. The molecule has 0 saturated heterocycles. The average Bonchev–Trinajstić information content (AvgIpc) is 2.88. The van der Waals surface area contributed by atoms with Gasteiger partial charge in [-0.1, -0.05) is 18.3 Å². The van der Waals surface area contributed by atoms with E-state index in [1.165, 1.54) is 29.4 Å². The fraction of sp³-hybridized carbons (Fsp3) is 0.556. The van der Waals surface area contributed by atoms with E-state index < -0.39 is 0 Å². The fourth-order valence-electron chi connectivity index (χ4n) is 1.25. The highest BCUT2D eigenvalue weighted by molar-refractivity contribution is 8.02. The molecule has 0 radical (unpaired) electrons. The molecule has 0 aliphatic heterocycles. The van der Waals surface area contributed by atoms with Gasteiger partial charge in [-0.25, -0.2) is 4.98 Å². The van der Waals surface area contributed by atoms with Crippen LogP contribution in [0.25, 0.3) is 0 Å². The van der Waals surface area contributed by atoms with Crippen LogP contribution in [-0.4, -0.2) is 19.6 Å². The van der Waals surface area contributed by atoms with Crippen LogP contribution in [0.15, 0.2) is 8.68 Å². The Labute approximate surface area is 106 Å². The third-order valence-corrected chi connectivity index (χ3v) is 5.21. The second-order valence-corrected chi connectivity index (χ2v) is 6.87. The molecule has 1 aliphatic carbocycles. The minimum absolute atomic E-state index is 0.687. The van der Waals surface area contributed by atoms with Crippen LogP contribution in [0.5, 0.6) is 0 Å². The quantitative estimate of drug-likeness (QED) is 0.855. The summed E-state index contributed by atoms with van der Waals surface area (Å²) >= 11 is 4.72. The maximum Gasteiger partial charge on any atom is 0.181 e. The monoisotopic (exact) mass is 270 g/mol. The highest BCUT2D eigenvalue weighted by atomic mass is 32.2. The maximum absolute atomic E-state index is 4.40. The highest BCUT2D eigenvalue weighted by Crippen LogP contribution is 2.43. The minimum Gasteiger partial charge on any atom is -0.213 e. The molecule has 7 heteroatoms. The van der Waals surface area contributed by atoms with Crippen molar-refractivity contribution in [3.63, 3.8) is 0 Å². The Kier molecular flexibility index (Phi) is 2.91. The van der Waals surface area contributed by atoms with E-state index in [0.717, 1.165) is 20.9 Å². The first-order valence-corrected chi connectivity index (χ1v) is 7.59. The van der Waals surface area contributed by atoms with Crippen LogP contribution in [0.4, 0.5) is 0 Å². The van der Waals surface area contributed by atoms with Gasteiger partial charge in [0, 0.05) is 12.3 Å². The number of hydrogen-bond acceptors (Lipinski definition) is 7. The van der Waals surface area contributed by atoms with Crippen LogP contribution in [0, 0.1) is 0 Å². The maximum atomic E-state index is 4.40. The molecule has 2 aromatic heterocycles. The molecule has 16 heavy (non-hydrogen) atoms. The van der Waals surface area contributed by atoms with E-state index >= 15 is 0 Å². The summed E-state index contributed by atoms with van der Waals surface area (Å²) in [6, 6.07) is 0. The van der Waals surface area contributed by atoms with Crippen molar-refractivity contribution in [2.45, 2.75) is 40.8 Å². The molecule has 0 unspecified atom stereocenters. The summed E-state index contributed by atoms with van der Waals surface area (Å²) in [4.78, 5) is 4.40. The zero-order valence-corrected chi connectivity index (χ0v) is 11.2. The largest absolute Gasteiger partial charge is 0.213 e. The van der Waals surface area contributed by atoms with Gasteiger partial charge >= 0.3 is 0 Å². The van der Waals surface area contributed by atoms with E-state index in [2.05, 4.69) is 26.5 Å². The third-order valence-electron chi connectivity index (χ3n) is 2.29. The first-order chi connectivity index (χ1) is 7.85. The van der Waals surface area contributed by atoms with Crippen molar-refractivity contribution in [3.8, 4) is 0 Å². The normalized spacial score (nSPS) is 15.6. The van der Waals surface area contributed by atoms with Crippen LogP contribution >= 0.6 is 34.6 Å². The Morgan fingerprint density at radius 1 is 1.31 bits per heavy atom. The lowest BCUT2D eigenvalue weighted by molar-refractivity contribution is 0.935. The molecule has 1 aliphatic rings. The van der Waals surface area contributed by atoms with Gasteiger partial charge in [-0.15, -0.1) is 10.2 Å². The van der Waals surface area contributed by atoms with Gasteiger partial charge in [0.15, 0.2) is 8.68 Å². The van der Waals surface area contributed by atoms with Gasteiger partial charge in [0.2, 0.25) is 0 Å². The third kappa shape index (κ3) is 2.26. The van der Waals surface area contributed by atoms with E-state index in [9.17, 15) is 0 Å². The van der Waals surface area contributed by atoms with Crippen molar-refractivity contribution in [2.24, 2.45) is 0 Å². The molecular formula is C9H10N4S3. The molecule has 4 nitrogen and oxygen atoms in total. The van der Waals surface area contributed by atoms with Crippen molar-refractivity contribution in [2.75, 3.05) is 0 Å². The number of aryl methyl sites for hydroxylation is 1. The topological polar surface area (TPSA) is 51.6 Å². The molecule has 3 rings (SSSR count). The summed E-state index contributed by atoms with van der Waals surface area (Å²) in [5.41, 5.74) is 0. The summed E-state index contributed by atoms with van der Waals surface area (Å²) in [6.45, 7) is 2.06. The van der Waals surface area contributed by atoms with Gasteiger partial charge in [0.25, 0.3) is 0 Å². The first-order valence-electron chi connectivity index (χ1n) is 5.19. The number of hydrogen-bond donors (Lipinski definition) is 0. The molecule has 1 fully saturated rings. The van der Waals surface area contributed by atoms with Crippen LogP contribution in [0.3, 0.4) is 0 Å². The van der Waals surface area contributed by atoms with Crippen molar-refractivity contribution >= 4 is 34.6 Å². The summed E-state index contributed by atoms with van der Waals surface area (Å²) in [5, 5.41) is 9.57. The molecule has 0 amide bonds. The van der Waals surface area contributed by atoms with E-state index in [1.807, 2.05) is 0 Å². The fourth-order valence-corrected chi connectivity index (χ4v) is 4.20. The predicted molar refractivity (Wildman–Crippen MR) is 65.3 cm³/mol. The van der Waals surface area contributed by atoms with E-state index in [0.29, 0.717) is 5.92 Å². The van der Waals surface area contributed by atoms with E-state index in [1.54, 1.807) is 23.1 Å². The molecule has 0 bridgehead atoms. The van der Waals surface area contributed by atoms with Gasteiger partial charge < -0.3 is 0 Å². The summed E-state index contributed by atoms with van der Waals surface area (Å²) in [7, 11) is 0. The molecule has 0 N–H and O–H groups in total. The van der Waals surface area contributed by atoms with Crippen molar-refractivity contribution in [1.82, 2.24) is 19.6 Å². The molecule has 0 atom stereocenters. The lowest BCUT2D eigenvalue weighted by atomic mass is 10.5. The number of aromatic nitrogens is 4. The van der Waals surface area contributed by atoms with Crippen LogP contribution < -0.4 is 0 Å². The lowest BCUT2D eigenvalue weighted by Crippen LogP contribution is -1.80. The highest BCUT2D eigenvalue weighted by Gasteiger charge is 2.27. The molecule has 2 aromatic rings. The average molecular weight is 270 g/mol. The van der Waals surface area contributed by atoms with E-state index in [4.69, 9.17) is 0 Å². The molecule has 2 heterocycles. The second kappa shape index (κ2) is 4.38. The van der Waals surface area contributed by atoms with Crippen LogP contribution in [0.1, 0.15) is 36.5 Å². The zero-order chi connectivity index (χ0) is 11.0. The van der Waals surface area contributed by atoms with Crippen LogP contribution in [0.2, 0.25) is 0 Å². The molecule has 0 aromatic carbocycles. The van der Waals surface area contributed by atoms with Crippen molar-refractivity contribution in [3.05, 3.63) is 10.8 Å². The molecule has 1 saturated carbocycles. The SMILES string of the molecule is CCc1nsc(Sc2nnc(C3CC3)s2)n1. The van der Waals surface area contributed by atoms with Crippen molar-refractivity contribution < 1.29 is 0 Å². The minimum atomic E-state index is 0.687. The lowest BCUT2D eigenvalue weighted by Gasteiger charge is -1.86.